The van der Waals surface area contributed by atoms with Gasteiger partial charge < -0.3 is 10.3 Å². The van der Waals surface area contributed by atoms with Crippen molar-refractivity contribution in [3.63, 3.8) is 0 Å². The van der Waals surface area contributed by atoms with Crippen molar-refractivity contribution < 1.29 is 0 Å². The fraction of sp³-hybridized carbons (Fsp3) is 0.600. The molecule has 1 N–H and O–H groups in total. The molecule has 0 atom stereocenters. The summed E-state index contributed by atoms with van der Waals surface area (Å²) >= 11 is 5.97. The summed E-state index contributed by atoms with van der Waals surface area (Å²) in [4.78, 5) is 13.8. The monoisotopic (exact) mass is 257 g/mol. The zero-order chi connectivity index (χ0) is 12.4. The molecule has 6 nitrogen and oxygen atoms in total. The number of hydrazine groups is 1. The third-order valence-corrected chi connectivity index (χ3v) is 3.23. The highest BCUT2D eigenvalue weighted by molar-refractivity contribution is 6.32. The van der Waals surface area contributed by atoms with Gasteiger partial charge in [0.2, 0.25) is 0 Å². The number of piperazine rings is 1. The standard InChI is InChI=1S/C10H16ClN5O/c1-14-3-5-16(6-4-14)13-8-7-12-15(2)10(17)9(8)11/h7,13H,3-6H2,1-2H3. The number of aryl methyl sites for hydroxylation is 1. The molecule has 0 radical (unpaired) electrons. The van der Waals surface area contributed by atoms with Gasteiger partial charge >= 0.3 is 0 Å². The van der Waals surface area contributed by atoms with Gasteiger partial charge in [-0.3, -0.25) is 4.79 Å². The Morgan fingerprint density at radius 2 is 1.94 bits per heavy atom. The van der Waals surface area contributed by atoms with Crippen molar-refractivity contribution in [3.8, 4) is 0 Å². The van der Waals surface area contributed by atoms with Crippen LogP contribution in [-0.2, 0) is 7.05 Å². The first-order chi connectivity index (χ1) is 8.08. The van der Waals surface area contributed by atoms with Gasteiger partial charge in [-0.2, -0.15) is 5.10 Å². The number of rotatable bonds is 2. The number of hydrogen-bond donors (Lipinski definition) is 1. The molecule has 0 aliphatic carbocycles. The van der Waals surface area contributed by atoms with E-state index in [4.69, 9.17) is 11.6 Å². The fourth-order valence-corrected chi connectivity index (χ4v) is 1.89. The first-order valence-corrected chi connectivity index (χ1v) is 5.87. The van der Waals surface area contributed by atoms with Gasteiger partial charge in [0.15, 0.2) is 0 Å². The molecule has 0 unspecified atom stereocenters. The lowest BCUT2D eigenvalue weighted by atomic mass is 10.4. The summed E-state index contributed by atoms with van der Waals surface area (Å²) in [5, 5.41) is 6.17. The molecule has 1 aliphatic heterocycles. The zero-order valence-corrected chi connectivity index (χ0v) is 10.7. The molecule has 0 aromatic carbocycles. The van der Waals surface area contributed by atoms with E-state index < -0.39 is 0 Å². The van der Waals surface area contributed by atoms with Crippen molar-refractivity contribution in [1.29, 1.82) is 0 Å². The number of anilines is 1. The van der Waals surface area contributed by atoms with Crippen molar-refractivity contribution >= 4 is 17.3 Å². The molecular formula is C10H16ClN5O. The second-order valence-electron chi connectivity index (χ2n) is 4.20. The van der Waals surface area contributed by atoms with E-state index in [9.17, 15) is 4.79 Å². The SMILES string of the molecule is CN1CCN(Nc2cnn(C)c(=O)c2Cl)CC1. The van der Waals surface area contributed by atoms with Crippen LogP contribution in [0.1, 0.15) is 0 Å². The summed E-state index contributed by atoms with van der Waals surface area (Å²) < 4.78 is 1.22. The molecule has 1 saturated heterocycles. The summed E-state index contributed by atoms with van der Waals surface area (Å²) in [6.07, 6.45) is 1.57. The Labute approximate surface area is 105 Å². The topological polar surface area (TPSA) is 53.4 Å². The smallest absolute Gasteiger partial charge is 0.287 e. The summed E-state index contributed by atoms with van der Waals surface area (Å²) in [6, 6.07) is 0. The molecule has 1 aliphatic rings. The Morgan fingerprint density at radius 3 is 2.59 bits per heavy atom. The molecule has 1 aromatic heterocycles. The summed E-state index contributed by atoms with van der Waals surface area (Å²) in [6.45, 7) is 3.76. The third kappa shape index (κ3) is 2.77. The van der Waals surface area contributed by atoms with Crippen LogP contribution in [-0.4, -0.2) is 52.9 Å². The number of halogens is 1. The third-order valence-electron chi connectivity index (χ3n) is 2.86. The lowest BCUT2D eigenvalue weighted by molar-refractivity contribution is 0.179. The predicted molar refractivity (Wildman–Crippen MR) is 67.2 cm³/mol. The van der Waals surface area contributed by atoms with Gasteiger partial charge in [-0.25, -0.2) is 9.69 Å². The minimum Gasteiger partial charge on any atom is -0.316 e. The Kier molecular flexibility index (Phi) is 3.66. The normalized spacial score (nSPS) is 18.3. The maximum absolute atomic E-state index is 11.6. The number of aromatic nitrogens is 2. The van der Waals surface area contributed by atoms with E-state index in [1.807, 2.05) is 5.01 Å². The van der Waals surface area contributed by atoms with E-state index in [1.165, 1.54) is 4.68 Å². The van der Waals surface area contributed by atoms with Crippen molar-refractivity contribution in [1.82, 2.24) is 19.7 Å². The molecule has 7 heteroatoms. The van der Waals surface area contributed by atoms with Crippen molar-refractivity contribution in [2.75, 3.05) is 38.7 Å². The lowest BCUT2D eigenvalue weighted by Crippen LogP contribution is -2.47. The van der Waals surface area contributed by atoms with Gasteiger partial charge in [0.05, 0.1) is 11.9 Å². The van der Waals surface area contributed by atoms with Crippen LogP contribution in [0.2, 0.25) is 5.02 Å². The van der Waals surface area contributed by atoms with Gasteiger partial charge in [-0.1, -0.05) is 11.6 Å². The molecule has 0 spiro atoms. The fourth-order valence-electron chi connectivity index (χ4n) is 1.68. The lowest BCUT2D eigenvalue weighted by Gasteiger charge is -2.33. The van der Waals surface area contributed by atoms with Crippen molar-refractivity contribution in [2.45, 2.75) is 0 Å². The largest absolute Gasteiger partial charge is 0.316 e. The average molecular weight is 258 g/mol. The van der Waals surface area contributed by atoms with Crippen LogP contribution in [0.4, 0.5) is 5.69 Å². The molecule has 1 fully saturated rings. The highest BCUT2D eigenvalue weighted by atomic mass is 35.5. The van der Waals surface area contributed by atoms with Crippen molar-refractivity contribution in [3.05, 3.63) is 21.6 Å². The second kappa shape index (κ2) is 5.03. The molecule has 0 saturated carbocycles. The van der Waals surface area contributed by atoms with Crippen LogP contribution in [0, 0.1) is 0 Å². The van der Waals surface area contributed by atoms with Crippen LogP contribution in [0.5, 0.6) is 0 Å². The Hall–Kier alpha value is -1.11. The number of nitrogens with zero attached hydrogens (tertiary/aromatic N) is 4. The van der Waals surface area contributed by atoms with E-state index >= 15 is 0 Å². The molecule has 2 heterocycles. The number of nitrogens with one attached hydrogen (secondary N) is 1. The van der Waals surface area contributed by atoms with Crippen LogP contribution in [0.3, 0.4) is 0 Å². The highest BCUT2D eigenvalue weighted by Gasteiger charge is 2.15. The van der Waals surface area contributed by atoms with Gasteiger partial charge in [0.25, 0.3) is 5.56 Å². The van der Waals surface area contributed by atoms with Gasteiger partial charge in [-0.05, 0) is 7.05 Å². The van der Waals surface area contributed by atoms with Crippen LogP contribution in [0.15, 0.2) is 11.0 Å². The van der Waals surface area contributed by atoms with E-state index in [0.29, 0.717) is 5.69 Å². The van der Waals surface area contributed by atoms with E-state index in [-0.39, 0.29) is 10.6 Å². The maximum Gasteiger partial charge on any atom is 0.287 e. The zero-order valence-electron chi connectivity index (χ0n) is 9.98. The summed E-state index contributed by atoms with van der Waals surface area (Å²) in [5.41, 5.74) is 3.42. The molecule has 2 rings (SSSR count). The summed E-state index contributed by atoms with van der Waals surface area (Å²) in [7, 11) is 3.66. The molecular weight excluding hydrogens is 242 g/mol. The predicted octanol–water partition coefficient (Wildman–Crippen LogP) is 0.00800. The first-order valence-electron chi connectivity index (χ1n) is 5.50. The minimum absolute atomic E-state index is 0.182. The molecule has 94 valence electrons. The molecule has 0 bridgehead atoms. The van der Waals surface area contributed by atoms with E-state index in [2.05, 4.69) is 22.5 Å². The molecule has 0 amide bonds. The molecule has 1 aromatic rings. The van der Waals surface area contributed by atoms with E-state index in [1.54, 1.807) is 13.2 Å². The second-order valence-corrected chi connectivity index (χ2v) is 4.58. The number of likely N-dealkylation sites (N-methyl/N-ethyl adjacent to an activating group) is 1. The van der Waals surface area contributed by atoms with Crippen LogP contribution < -0.4 is 11.0 Å². The van der Waals surface area contributed by atoms with Crippen LogP contribution in [0.25, 0.3) is 0 Å². The Bertz CT molecular complexity index is 452. The van der Waals surface area contributed by atoms with Gasteiger partial charge in [0, 0.05) is 33.2 Å². The summed E-state index contributed by atoms with van der Waals surface area (Å²) in [5.74, 6) is 0. The van der Waals surface area contributed by atoms with E-state index in [0.717, 1.165) is 26.2 Å². The Morgan fingerprint density at radius 1 is 1.29 bits per heavy atom. The Balaban J connectivity index is 2.09. The van der Waals surface area contributed by atoms with Gasteiger partial charge in [0.1, 0.15) is 5.02 Å². The number of hydrogen-bond acceptors (Lipinski definition) is 5. The van der Waals surface area contributed by atoms with Crippen molar-refractivity contribution in [2.24, 2.45) is 7.05 Å². The highest BCUT2D eigenvalue weighted by Crippen LogP contribution is 2.16. The minimum atomic E-state index is -0.286. The average Bonchev–Trinajstić information content (AvgIpc) is 2.33. The van der Waals surface area contributed by atoms with Gasteiger partial charge in [-0.15, -0.1) is 0 Å². The quantitative estimate of drug-likeness (QED) is 0.809. The molecule has 17 heavy (non-hydrogen) atoms. The maximum atomic E-state index is 11.6. The van der Waals surface area contributed by atoms with Crippen LogP contribution >= 0.6 is 11.6 Å². The first kappa shape index (κ1) is 12.3.